The van der Waals surface area contributed by atoms with Crippen LogP contribution in [0.15, 0.2) is 38.8 Å². The zero-order valence-electron chi connectivity index (χ0n) is 17.5. The van der Waals surface area contributed by atoms with E-state index in [0.29, 0.717) is 25.5 Å². The number of guanidine groups is 1. The number of rotatable bonds is 7. The molecule has 0 aliphatic carbocycles. The number of likely N-dealkylation sites (tertiary alicyclic amines) is 1. The van der Waals surface area contributed by atoms with E-state index >= 15 is 0 Å². The molecule has 3 rings (SSSR count). The SMILES string of the molecule is CCN(CC)CCN=C(NC#N)N1CC(N2CCCC2=O)C(c2ccc(Br)cc2)=N1. The maximum Gasteiger partial charge on any atom is 0.228 e. The van der Waals surface area contributed by atoms with Crippen molar-refractivity contribution in [3.63, 3.8) is 0 Å². The van der Waals surface area contributed by atoms with E-state index < -0.39 is 0 Å². The molecule has 8 nitrogen and oxygen atoms in total. The maximum absolute atomic E-state index is 12.4. The molecule has 2 heterocycles. The Bertz CT molecular complexity index is 842. The summed E-state index contributed by atoms with van der Waals surface area (Å²) in [4.78, 5) is 21.2. The first-order valence-corrected chi connectivity index (χ1v) is 11.2. The van der Waals surface area contributed by atoms with Crippen molar-refractivity contribution in [1.29, 1.82) is 5.26 Å². The lowest BCUT2D eigenvalue weighted by atomic mass is 10.0. The van der Waals surface area contributed by atoms with Gasteiger partial charge in [-0.25, -0.2) is 10.0 Å². The second kappa shape index (κ2) is 10.5. The van der Waals surface area contributed by atoms with Crippen LogP contribution in [0.25, 0.3) is 0 Å². The minimum atomic E-state index is -0.158. The van der Waals surface area contributed by atoms with Crippen molar-refractivity contribution in [3.8, 4) is 6.19 Å². The molecule has 0 spiro atoms. The van der Waals surface area contributed by atoms with Gasteiger partial charge in [0.05, 0.1) is 24.8 Å². The minimum Gasteiger partial charge on any atom is -0.332 e. The number of nitriles is 1. The summed E-state index contributed by atoms with van der Waals surface area (Å²) in [5, 5.41) is 18.4. The summed E-state index contributed by atoms with van der Waals surface area (Å²) in [6.07, 6.45) is 3.41. The fourth-order valence-corrected chi connectivity index (χ4v) is 4.07. The van der Waals surface area contributed by atoms with Gasteiger partial charge >= 0.3 is 0 Å². The normalized spacial score (nSPS) is 19.4. The van der Waals surface area contributed by atoms with E-state index in [2.05, 4.69) is 45.0 Å². The fourth-order valence-electron chi connectivity index (χ4n) is 3.81. The third-order valence-corrected chi connectivity index (χ3v) is 6.03. The number of carbonyl (C=O) groups is 1. The van der Waals surface area contributed by atoms with Crippen LogP contribution in [0.3, 0.4) is 0 Å². The number of hydrazone groups is 1. The Balaban J connectivity index is 1.86. The van der Waals surface area contributed by atoms with E-state index in [1.807, 2.05) is 35.4 Å². The Labute approximate surface area is 186 Å². The molecular formula is C21H28BrN7O. The van der Waals surface area contributed by atoms with Crippen LogP contribution in [0, 0.1) is 11.5 Å². The third-order valence-electron chi connectivity index (χ3n) is 5.50. The van der Waals surface area contributed by atoms with E-state index in [1.165, 1.54) is 0 Å². The standard InChI is InChI=1S/C21H28BrN7O/c1-3-27(4-2)13-11-24-21(25-15-23)29-14-18(28-12-5-6-19(28)30)20(26-29)16-7-9-17(22)10-8-16/h7-10,18H,3-6,11-14H2,1-2H3,(H,24,25). The smallest absolute Gasteiger partial charge is 0.228 e. The topological polar surface area (TPSA) is 87.3 Å². The van der Waals surface area contributed by atoms with E-state index in [-0.39, 0.29) is 11.9 Å². The quantitative estimate of drug-likeness (QED) is 0.284. The van der Waals surface area contributed by atoms with E-state index in [0.717, 1.165) is 48.3 Å². The molecule has 1 aromatic carbocycles. The van der Waals surface area contributed by atoms with Crippen molar-refractivity contribution in [2.75, 3.05) is 39.3 Å². The molecule has 2 aliphatic heterocycles. The minimum absolute atomic E-state index is 0.153. The molecular weight excluding hydrogens is 446 g/mol. The number of hydrogen-bond donors (Lipinski definition) is 1. The molecule has 9 heteroatoms. The van der Waals surface area contributed by atoms with Crippen molar-refractivity contribution in [1.82, 2.24) is 20.1 Å². The zero-order valence-corrected chi connectivity index (χ0v) is 19.1. The number of benzene rings is 1. The lowest BCUT2D eigenvalue weighted by Crippen LogP contribution is -2.46. The fraction of sp³-hybridized carbons (Fsp3) is 0.524. The van der Waals surface area contributed by atoms with Crippen LogP contribution in [-0.2, 0) is 4.79 Å². The maximum atomic E-state index is 12.4. The summed E-state index contributed by atoms with van der Waals surface area (Å²) in [5.74, 6) is 0.577. The highest BCUT2D eigenvalue weighted by Crippen LogP contribution is 2.24. The average molecular weight is 474 g/mol. The number of likely N-dealkylation sites (N-methyl/N-ethyl adjacent to an activating group) is 1. The molecule has 2 aliphatic rings. The highest BCUT2D eigenvalue weighted by Gasteiger charge is 2.38. The molecule has 0 aromatic heterocycles. The van der Waals surface area contributed by atoms with Crippen molar-refractivity contribution in [2.24, 2.45) is 10.1 Å². The summed E-state index contributed by atoms with van der Waals surface area (Å²) >= 11 is 3.47. The molecule has 1 fully saturated rings. The number of aliphatic imine (C=N–C) groups is 1. The average Bonchev–Trinajstić information content (AvgIpc) is 3.37. The van der Waals surface area contributed by atoms with Gasteiger partial charge in [-0.05, 0) is 31.6 Å². The molecule has 160 valence electrons. The highest BCUT2D eigenvalue weighted by molar-refractivity contribution is 9.10. The van der Waals surface area contributed by atoms with Crippen LogP contribution >= 0.6 is 15.9 Å². The molecule has 30 heavy (non-hydrogen) atoms. The monoisotopic (exact) mass is 473 g/mol. The van der Waals surface area contributed by atoms with Gasteiger partial charge in [0.2, 0.25) is 11.9 Å². The second-order valence-corrected chi connectivity index (χ2v) is 8.17. The summed E-state index contributed by atoms with van der Waals surface area (Å²) < 4.78 is 0.986. The molecule has 1 amide bonds. The highest BCUT2D eigenvalue weighted by atomic mass is 79.9. The number of carbonyl (C=O) groups excluding carboxylic acids is 1. The van der Waals surface area contributed by atoms with Crippen LogP contribution in [0.4, 0.5) is 0 Å². The van der Waals surface area contributed by atoms with Gasteiger partial charge in [-0.15, -0.1) is 0 Å². The molecule has 1 N–H and O–H groups in total. The number of halogens is 1. The van der Waals surface area contributed by atoms with Crippen LogP contribution in [0.2, 0.25) is 0 Å². The largest absolute Gasteiger partial charge is 0.332 e. The third kappa shape index (κ3) is 5.18. The first-order valence-electron chi connectivity index (χ1n) is 10.4. The lowest BCUT2D eigenvalue weighted by molar-refractivity contribution is -0.128. The number of amides is 1. The van der Waals surface area contributed by atoms with Crippen molar-refractivity contribution >= 4 is 33.5 Å². The predicted octanol–water partition coefficient (Wildman–Crippen LogP) is 2.23. The Hall–Kier alpha value is -2.44. The number of nitrogens with zero attached hydrogens (tertiary/aromatic N) is 6. The van der Waals surface area contributed by atoms with Crippen molar-refractivity contribution in [2.45, 2.75) is 32.7 Å². The van der Waals surface area contributed by atoms with Gasteiger partial charge in [-0.3, -0.25) is 10.1 Å². The lowest BCUT2D eigenvalue weighted by Gasteiger charge is -2.25. The second-order valence-electron chi connectivity index (χ2n) is 7.25. The number of nitrogens with one attached hydrogen (secondary N) is 1. The summed E-state index contributed by atoms with van der Waals surface area (Å²) in [6, 6.07) is 7.77. The first-order chi connectivity index (χ1) is 14.6. The predicted molar refractivity (Wildman–Crippen MR) is 121 cm³/mol. The van der Waals surface area contributed by atoms with Gasteiger partial charge < -0.3 is 9.80 Å². The van der Waals surface area contributed by atoms with Gasteiger partial charge in [-0.1, -0.05) is 41.9 Å². The molecule has 1 aromatic rings. The van der Waals surface area contributed by atoms with Crippen LogP contribution in [0.1, 0.15) is 32.3 Å². The first kappa shape index (κ1) is 22.2. The Morgan fingerprint density at radius 1 is 1.37 bits per heavy atom. The summed E-state index contributed by atoms with van der Waals surface area (Å²) in [7, 11) is 0. The molecule has 1 saturated heterocycles. The van der Waals surface area contributed by atoms with Gasteiger partial charge in [0, 0.05) is 29.5 Å². The molecule has 0 radical (unpaired) electrons. The van der Waals surface area contributed by atoms with E-state index in [4.69, 9.17) is 5.10 Å². The molecule has 0 saturated carbocycles. The molecule has 0 bridgehead atoms. The van der Waals surface area contributed by atoms with Gasteiger partial charge in [0.1, 0.15) is 0 Å². The zero-order chi connectivity index (χ0) is 21.5. The Morgan fingerprint density at radius 3 is 2.70 bits per heavy atom. The molecule has 1 atom stereocenters. The van der Waals surface area contributed by atoms with Gasteiger partial charge in [-0.2, -0.15) is 10.4 Å². The van der Waals surface area contributed by atoms with Gasteiger partial charge in [0.15, 0.2) is 6.19 Å². The number of hydrogen-bond acceptors (Lipinski definition) is 5. The van der Waals surface area contributed by atoms with Crippen molar-refractivity contribution in [3.05, 3.63) is 34.3 Å². The van der Waals surface area contributed by atoms with Crippen LogP contribution in [0.5, 0.6) is 0 Å². The van der Waals surface area contributed by atoms with Crippen LogP contribution in [-0.4, -0.2) is 77.7 Å². The molecule has 1 unspecified atom stereocenters. The Kier molecular flexibility index (Phi) is 7.82. The van der Waals surface area contributed by atoms with E-state index in [1.54, 1.807) is 5.01 Å². The van der Waals surface area contributed by atoms with Crippen LogP contribution < -0.4 is 5.32 Å². The Morgan fingerprint density at radius 2 is 2.10 bits per heavy atom. The summed E-state index contributed by atoms with van der Waals surface area (Å²) in [5.41, 5.74) is 1.79. The summed E-state index contributed by atoms with van der Waals surface area (Å²) in [6.45, 7) is 8.75. The van der Waals surface area contributed by atoms with E-state index in [9.17, 15) is 10.1 Å². The van der Waals surface area contributed by atoms with Crippen molar-refractivity contribution < 1.29 is 4.79 Å². The van der Waals surface area contributed by atoms with Gasteiger partial charge in [0.25, 0.3) is 0 Å².